The van der Waals surface area contributed by atoms with E-state index in [0.717, 1.165) is 6.07 Å². The summed E-state index contributed by atoms with van der Waals surface area (Å²) in [5.74, 6) is 0.119. The number of ether oxygens (including phenoxy) is 4. The van der Waals surface area contributed by atoms with E-state index >= 15 is 0 Å². The highest BCUT2D eigenvalue weighted by molar-refractivity contribution is 6.32. The Labute approximate surface area is 230 Å². The number of halogens is 5. The number of carbonyl (C=O) groups excluding carboxylic acids is 1. The summed E-state index contributed by atoms with van der Waals surface area (Å²) in [6.45, 7) is 0.300. The topological polar surface area (TPSA) is 103 Å². The van der Waals surface area contributed by atoms with E-state index in [-0.39, 0.29) is 40.9 Å². The molecule has 0 aliphatic carbocycles. The zero-order valence-corrected chi connectivity index (χ0v) is 21.4. The average molecular weight is 586 g/mol. The first-order chi connectivity index (χ1) is 18.5. The number of rotatable bonds is 8. The van der Waals surface area contributed by atoms with Crippen molar-refractivity contribution in [3.8, 4) is 23.0 Å². The van der Waals surface area contributed by atoms with Gasteiger partial charge in [0.05, 0.1) is 11.6 Å². The van der Waals surface area contributed by atoms with Crippen LogP contribution in [0.2, 0.25) is 10.0 Å². The highest BCUT2D eigenvalue weighted by atomic mass is 35.5. The standard InChI is InChI=1S/C26H20Cl2F3NO7/c27-16-4-1-14(21(11-16)39-26(29,30)31)7-9-32-24(33)15-2-5-17(6-3-15)37-23-13-22-18(12-19(23)28)20(8-10-36-22)38-25(34)35/h1-6,11-13,20H,7-10H2,(H,32,33)(H,34,35). The Morgan fingerprint density at radius 2 is 1.79 bits per heavy atom. The Hall–Kier alpha value is -3.83. The van der Waals surface area contributed by atoms with Crippen molar-refractivity contribution in [2.45, 2.75) is 25.3 Å². The fourth-order valence-corrected chi connectivity index (χ4v) is 4.22. The molecule has 1 aliphatic rings. The first-order valence-corrected chi connectivity index (χ1v) is 12.2. The average Bonchev–Trinajstić information content (AvgIpc) is 2.85. The van der Waals surface area contributed by atoms with E-state index in [4.69, 9.17) is 42.5 Å². The molecule has 0 radical (unpaired) electrons. The Bertz CT molecular complexity index is 1370. The minimum atomic E-state index is -4.87. The van der Waals surface area contributed by atoms with Gasteiger partial charge in [-0.25, -0.2) is 4.79 Å². The molecule has 1 amide bonds. The lowest BCUT2D eigenvalue weighted by atomic mass is 10.0. The summed E-state index contributed by atoms with van der Waals surface area (Å²) >= 11 is 12.1. The van der Waals surface area contributed by atoms with Gasteiger partial charge in [0, 0.05) is 35.2 Å². The molecule has 8 nitrogen and oxygen atoms in total. The predicted octanol–water partition coefficient (Wildman–Crippen LogP) is 7.18. The quantitative estimate of drug-likeness (QED) is 0.270. The molecule has 1 atom stereocenters. The summed E-state index contributed by atoms with van der Waals surface area (Å²) in [6.07, 6.45) is -6.56. The number of fused-ring (bicyclic) bond motifs is 1. The number of benzene rings is 3. The van der Waals surface area contributed by atoms with E-state index < -0.39 is 30.3 Å². The van der Waals surface area contributed by atoms with Gasteiger partial charge < -0.3 is 29.4 Å². The first-order valence-electron chi connectivity index (χ1n) is 11.4. The van der Waals surface area contributed by atoms with Crippen LogP contribution in [-0.2, 0) is 11.2 Å². The molecule has 0 bridgehead atoms. The SMILES string of the molecule is O=C(O)OC1CCOc2cc(Oc3ccc(C(=O)NCCc4ccc(Cl)cc4OC(F)(F)F)cc3)c(Cl)cc21. The molecule has 0 saturated heterocycles. The highest BCUT2D eigenvalue weighted by Gasteiger charge is 2.32. The molecule has 0 fully saturated rings. The summed E-state index contributed by atoms with van der Waals surface area (Å²) in [5, 5.41) is 11.9. The molecule has 3 aromatic carbocycles. The van der Waals surface area contributed by atoms with Gasteiger partial charge in [-0.2, -0.15) is 0 Å². The third kappa shape index (κ3) is 7.61. The fourth-order valence-electron chi connectivity index (χ4n) is 3.85. The molecule has 0 spiro atoms. The summed E-state index contributed by atoms with van der Waals surface area (Å²) in [6, 6.07) is 13.0. The van der Waals surface area contributed by atoms with E-state index in [1.54, 1.807) is 0 Å². The third-order valence-electron chi connectivity index (χ3n) is 5.57. The van der Waals surface area contributed by atoms with Crippen LogP contribution in [0.5, 0.6) is 23.0 Å². The number of nitrogens with one attached hydrogen (secondary N) is 1. The zero-order valence-electron chi connectivity index (χ0n) is 19.9. The maximum Gasteiger partial charge on any atom is 0.573 e. The van der Waals surface area contributed by atoms with Gasteiger partial charge >= 0.3 is 12.5 Å². The molecule has 0 aromatic heterocycles. The van der Waals surface area contributed by atoms with Gasteiger partial charge in [0.1, 0.15) is 29.1 Å². The number of carboxylic acid groups (broad SMARTS) is 1. The molecule has 2 N–H and O–H groups in total. The second kappa shape index (κ2) is 11.9. The highest BCUT2D eigenvalue weighted by Crippen LogP contribution is 2.42. The van der Waals surface area contributed by atoms with Crippen molar-refractivity contribution >= 4 is 35.3 Å². The molecular weight excluding hydrogens is 566 g/mol. The fraction of sp³-hybridized carbons (Fsp3) is 0.231. The van der Waals surface area contributed by atoms with Crippen molar-refractivity contribution in [3.63, 3.8) is 0 Å². The Balaban J connectivity index is 1.36. The van der Waals surface area contributed by atoms with Crippen LogP contribution in [0, 0.1) is 0 Å². The van der Waals surface area contributed by atoms with E-state index in [0.29, 0.717) is 29.0 Å². The van der Waals surface area contributed by atoms with Crippen LogP contribution in [0.15, 0.2) is 54.6 Å². The summed E-state index contributed by atoms with van der Waals surface area (Å²) in [4.78, 5) is 23.5. The van der Waals surface area contributed by atoms with Crippen molar-refractivity contribution in [1.82, 2.24) is 5.32 Å². The van der Waals surface area contributed by atoms with Crippen LogP contribution in [-0.4, -0.2) is 36.7 Å². The number of amides is 1. The summed E-state index contributed by atoms with van der Waals surface area (Å²) < 4.78 is 58.3. The Morgan fingerprint density at radius 1 is 1.05 bits per heavy atom. The van der Waals surface area contributed by atoms with E-state index in [9.17, 15) is 22.8 Å². The number of hydrogen-bond donors (Lipinski definition) is 2. The van der Waals surface area contributed by atoms with Gasteiger partial charge in [0.15, 0.2) is 0 Å². The van der Waals surface area contributed by atoms with Gasteiger partial charge in [-0.15, -0.1) is 13.2 Å². The van der Waals surface area contributed by atoms with Crippen LogP contribution >= 0.6 is 23.2 Å². The van der Waals surface area contributed by atoms with Gasteiger partial charge in [0.25, 0.3) is 5.91 Å². The molecule has 39 heavy (non-hydrogen) atoms. The first kappa shape index (κ1) is 28.2. The molecule has 206 valence electrons. The third-order valence-corrected chi connectivity index (χ3v) is 6.10. The molecule has 1 heterocycles. The summed E-state index contributed by atoms with van der Waals surface area (Å²) in [7, 11) is 0. The molecule has 1 unspecified atom stereocenters. The van der Waals surface area contributed by atoms with Crippen LogP contribution < -0.4 is 19.5 Å². The maximum atomic E-state index is 12.7. The summed E-state index contributed by atoms with van der Waals surface area (Å²) in [5.41, 5.74) is 1.01. The van der Waals surface area contributed by atoms with Crippen molar-refractivity contribution in [2.24, 2.45) is 0 Å². The molecule has 1 aliphatic heterocycles. The van der Waals surface area contributed by atoms with Gasteiger partial charge in [0.2, 0.25) is 0 Å². The van der Waals surface area contributed by atoms with Gasteiger partial charge in [-0.05, 0) is 54.4 Å². The largest absolute Gasteiger partial charge is 0.573 e. The van der Waals surface area contributed by atoms with Gasteiger partial charge in [-0.1, -0.05) is 29.3 Å². The van der Waals surface area contributed by atoms with Crippen molar-refractivity contribution in [1.29, 1.82) is 0 Å². The number of carbonyl (C=O) groups is 2. The second-order valence-electron chi connectivity index (χ2n) is 8.26. The molecular formula is C26H20Cl2F3NO7. The van der Waals surface area contributed by atoms with Crippen molar-refractivity contribution in [3.05, 3.63) is 81.3 Å². The van der Waals surface area contributed by atoms with Crippen LogP contribution in [0.1, 0.15) is 34.0 Å². The minimum absolute atomic E-state index is 0.0459. The number of alkyl halides is 3. The lowest BCUT2D eigenvalue weighted by molar-refractivity contribution is -0.274. The van der Waals surface area contributed by atoms with E-state index in [1.165, 1.54) is 48.5 Å². The zero-order chi connectivity index (χ0) is 28.2. The smallest absolute Gasteiger partial charge is 0.493 e. The molecule has 0 saturated carbocycles. The van der Waals surface area contributed by atoms with Crippen LogP contribution in [0.4, 0.5) is 18.0 Å². The lowest BCUT2D eigenvalue weighted by Crippen LogP contribution is -2.26. The second-order valence-corrected chi connectivity index (χ2v) is 9.11. The molecule has 13 heteroatoms. The Morgan fingerprint density at radius 3 is 2.49 bits per heavy atom. The Kier molecular flexibility index (Phi) is 8.61. The van der Waals surface area contributed by atoms with Crippen LogP contribution in [0.25, 0.3) is 0 Å². The van der Waals surface area contributed by atoms with E-state index in [2.05, 4.69) is 10.1 Å². The number of hydrogen-bond acceptors (Lipinski definition) is 6. The maximum absolute atomic E-state index is 12.7. The van der Waals surface area contributed by atoms with Crippen LogP contribution in [0.3, 0.4) is 0 Å². The lowest BCUT2D eigenvalue weighted by Gasteiger charge is -2.25. The predicted molar refractivity (Wildman–Crippen MR) is 134 cm³/mol. The van der Waals surface area contributed by atoms with Crippen molar-refractivity contribution < 1.29 is 46.8 Å². The normalized spacial score (nSPS) is 14.5. The van der Waals surface area contributed by atoms with E-state index in [1.807, 2.05) is 0 Å². The van der Waals surface area contributed by atoms with Crippen molar-refractivity contribution in [2.75, 3.05) is 13.2 Å². The van der Waals surface area contributed by atoms with Gasteiger partial charge in [-0.3, -0.25) is 4.79 Å². The molecule has 4 rings (SSSR count). The molecule has 3 aromatic rings. The monoisotopic (exact) mass is 585 g/mol. The minimum Gasteiger partial charge on any atom is -0.493 e.